The van der Waals surface area contributed by atoms with Crippen molar-refractivity contribution in [2.45, 2.75) is 10.9 Å². The van der Waals surface area contributed by atoms with E-state index >= 15 is 0 Å². The van der Waals surface area contributed by atoms with Crippen LogP contribution in [0, 0.1) is 10.1 Å². The number of benzene rings is 3. The lowest BCUT2D eigenvalue weighted by molar-refractivity contribution is -0.384. The second kappa shape index (κ2) is 7.01. The molecule has 0 amide bonds. The fourth-order valence-corrected chi connectivity index (χ4v) is 3.81. The number of nitro groups is 1. The Morgan fingerprint density at radius 2 is 1.73 bits per heavy atom. The molecule has 0 N–H and O–H groups in total. The number of aromatic nitrogens is 2. The van der Waals surface area contributed by atoms with Crippen LogP contribution in [0.5, 0.6) is 0 Å². The van der Waals surface area contributed by atoms with E-state index in [1.165, 1.54) is 6.07 Å². The third kappa shape index (κ3) is 3.19. The highest BCUT2D eigenvalue weighted by atomic mass is 32.2. The minimum absolute atomic E-state index is 0.111. The highest BCUT2D eigenvalue weighted by molar-refractivity contribution is 7.98. The Kier molecular flexibility index (Phi) is 4.41. The SMILES string of the molecule is O=[N+]([O-])c1cccc(CSc2nc3ccccc3n2-c2ccccc2)c1. The summed E-state index contributed by atoms with van der Waals surface area (Å²) in [7, 11) is 0. The number of imidazole rings is 1. The Balaban J connectivity index is 1.71. The summed E-state index contributed by atoms with van der Waals surface area (Å²) in [6.07, 6.45) is 0. The third-order valence-electron chi connectivity index (χ3n) is 4.03. The van der Waals surface area contributed by atoms with Gasteiger partial charge in [-0.15, -0.1) is 0 Å². The number of nitrogens with zero attached hydrogens (tertiary/aromatic N) is 3. The van der Waals surface area contributed by atoms with Gasteiger partial charge in [-0.3, -0.25) is 14.7 Å². The number of para-hydroxylation sites is 3. The van der Waals surface area contributed by atoms with Crippen molar-refractivity contribution in [3.05, 3.63) is 94.5 Å². The zero-order valence-corrected chi connectivity index (χ0v) is 14.6. The summed E-state index contributed by atoms with van der Waals surface area (Å²) in [6, 6.07) is 24.8. The summed E-state index contributed by atoms with van der Waals surface area (Å²) in [4.78, 5) is 15.4. The van der Waals surface area contributed by atoms with Crippen LogP contribution in [0.15, 0.2) is 84.0 Å². The molecule has 128 valence electrons. The number of hydrogen-bond donors (Lipinski definition) is 0. The number of hydrogen-bond acceptors (Lipinski definition) is 4. The van der Waals surface area contributed by atoms with Crippen LogP contribution in [-0.2, 0) is 5.75 Å². The standard InChI is InChI=1S/C20H15N3O2S/c24-23(25)17-10-6-7-15(13-17)14-26-20-21-18-11-4-5-12-19(18)22(20)16-8-2-1-3-9-16/h1-13H,14H2. The Labute approximate surface area is 154 Å². The van der Waals surface area contributed by atoms with E-state index < -0.39 is 0 Å². The van der Waals surface area contributed by atoms with Gasteiger partial charge in [0.1, 0.15) is 0 Å². The van der Waals surface area contributed by atoms with Crippen LogP contribution in [0.4, 0.5) is 5.69 Å². The lowest BCUT2D eigenvalue weighted by Crippen LogP contribution is -1.96. The van der Waals surface area contributed by atoms with Gasteiger partial charge < -0.3 is 0 Å². The molecule has 0 saturated heterocycles. The van der Waals surface area contributed by atoms with Crippen molar-refractivity contribution < 1.29 is 4.92 Å². The average Bonchev–Trinajstić information content (AvgIpc) is 3.05. The maximum Gasteiger partial charge on any atom is 0.269 e. The second-order valence-electron chi connectivity index (χ2n) is 5.77. The molecule has 0 bridgehead atoms. The molecule has 6 heteroatoms. The first-order valence-electron chi connectivity index (χ1n) is 8.11. The van der Waals surface area contributed by atoms with Gasteiger partial charge in [0.05, 0.1) is 16.0 Å². The molecule has 4 rings (SSSR count). The Morgan fingerprint density at radius 1 is 0.962 bits per heavy atom. The van der Waals surface area contributed by atoms with E-state index in [0.717, 1.165) is 27.4 Å². The van der Waals surface area contributed by atoms with Crippen LogP contribution in [0.3, 0.4) is 0 Å². The van der Waals surface area contributed by atoms with Crippen LogP contribution in [0.1, 0.15) is 5.56 Å². The monoisotopic (exact) mass is 361 g/mol. The largest absolute Gasteiger partial charge is 0.287 e. The average molecular weight is 361 g/mol. The van der Waals surface area contributed by atoms with Crippen LogP contribution >= 0.6 is 11.8 Å². The summed E-state index contributed by atoms with van der Waals surface area (Å²) in [5, 5.41) is 11.8. The molecule has 3 aromatic carbocycles. The van der Waals surface area contributed by atoms with Crippen molar-refractivity contribution in [2.75, 3.05) is 0 Å². The lowest BCUT2D eigenvalue weighted by Gasteiger charge is -2.09. The van der Waals surface area contributed by atoms with E-state index in [4.69, 9.17) is 4.98 Å². The molecule has 0 aliphatic carbocycles. The van der Waals surface area contributed by atoms with E-state index in [-0.39, 0.29) is 10.6 Å². The maximum absolute atomic E-state index is 11.0. The van der Waals surface area contributed by atoms with Crippen molar-refractivity contribution in [3.8, 4) is 5.69 Å². The molecule has 0 unspecified atom stereocenters. The fourth-order valence-electron chi connectivity index (χ4n) is 2.83. The van der Waals surface area contributed by atoms with Crippen LogP contribution in [0.2, 0.25) is 0 Å². The smallest absolute Gasteiger partial charge is 0.269 e. The van der Waals surface area contributed by atoms with E-state index in [2.05, 4.69) is 4.57 Å². The van der Waals surface area contributed by atoms with Crippen molar-refractivity contribution in [1.82, 2.24) is 9.55 Å². The molecule has 4 aromatic rings. The van der Waals surface area contributed by atoms with Gasteiger partial charge in [-0.1, -0.05) is 54.2 Å². The first-order chi connectivity index (χ1) is 12.7. The molecule has 0 fully saturated rings. The van der Waals surface area contributed by atoms with Crippen molar-refractivity contribution >= 4 is 28.5 Å². The summed E-state index contributed by atoms with van der Waals surface area (Å²) in [5.41, 5.74) is 4.02. The number of fused-ring (bicyclic) bond motifs is 1. The van der Waals surface area contributed by atoms with Gasteiger partial charge in [0.2, 0.25) is 0 Å². The highest BCUT2D eigenvalue weighted by Crippen LogP contribution is 2.30. The van der Waals surface area contributed by atoms with Crippen molar-refractivity contribution in [2.24, 2.45) is 0 Å². The van der Waals surface area contributed by atoms with Crippen molar-refractivity contribution in [1.29, 1.82) is 0 Å². The summed E-state index contributed by atoms with van der Waals surface area (Å²) in [5.74, 6) is 0.609. The molecule has 0 aliphatic heterocycles. The van der Waals surface area contributed by atoms with E-state index in [0.29, 0.717) is 5.75 Å². The van der Waals surface area contributed by atoms with Crippen LogP contribution in [-0.4, -0.2) is 14.5 Å². The minimum atomic E-state index is -0.368. The summed E-state index contributed by atoms with van der Waals surface area (Å²) in [6.45, 7) is 0. The molecule has 0 aliphatic rings. The number of non-ortho nitro benzene ring substituents is 1. The molecule has 0 atom stereocenters. The van der Waals surface area contributed by atoms with E-state index in [1.807, 2.05) is 60.7 Å². The van der Waals surface area contributed by atoms with Crippen LogP contribution < -0.4 is 0 Å². The fraction of sp³-hybridized carbons (Fsp3) is 0.0500. The Hall–Kier alpha value is -3.12. The zero-order valence-electron chi connectivity index (χ0n) is 13.8. The van der Waals surface area contributed by atoms with Gasteiger partial charge in [-0.2, -0.15) is 0 Å². The predicted octanol–water partition coefficient (Wildman–Crippen LogP) is 5.23. The second-order valence-corrected chi connectivity index (χ2v) is 6.71. The molecule has 0 radical (unpaired) electrons. The first kappa shape index (κ1) is 16.4. The predicted molar refractivity (Wildman–Crippen MR) is 104 cm³/mol. The van der Waals surface area contributed by atoms with E-state index in [9.17, 15) is 10.1 Å². The quantitative estimate of drug-likeness (QED) is 0.277. The molecule has 0 spiro atoms. The van der Waals surface area contributed by atoms with Gasteiger partial charge in [0.15, 0.2) is 5.16 Å². The first-order valence-corrected chi connectivity index (χ1v) is 9.10. The lowest BCUT2D eigenvalue weighted by atomic mass is 10.2. The third-order valence-corrected chi connectivity index (χ3v) is 5.04. The Bertz CT molecular complexity index is 1080. The normalized spacial score (nSPS) is 10.9. The molecular weight excluding hydrogens is 346 g/mol. The van der Waals surface area contributed by atoms with E-state index in [1.54, 1.807) is 23.9 Å². The summed E-state index contributed by atoms with van der Waals surface area (Å²) < 4.78 is 2.12. The number of thioether (sulfide) groups is 1. The molecule has 1 heterocycles. The molecular formula is C20H15N3O2S. The number of nitro benzene ring substituents is 1. The van der Waals surface area contributed by atoms with Gasteiger partial charge in [-0.25, -0.2) is 4.98 Å². The molecule has 1 aromatic heterocycles. The highest BCUT2D eigenvalue weighted by Gasteiger charge is 2.13. The number of rotatable bonds is 5. The zero-order chi connectivity index (χ0) is 17.9. The van der Waals surface area contributed by atoms with Gasteiger partial charge in [0.25, 0.3) is 5.69 Å². The van der Waals surface area contributed by atoms with Crippen LogP contribution in [0.25, 0.3) is 16.7 Å². The van der Waals surface area contributed by atoms with Gasteiger partial charge >= 0.3 is 0 Å². The van der Waals surface area contributed by atoms with Gasteiger partial charge in [0, 0.05) is 23.6 Å². The Morgan fingerprint density at radius 3 is 2.54 bits per heavy atom. The van der Waals surface area contributed by atoms with Crippen molar-refractivity contribution in [3.63, 3.8) is 0 Å². The van der Waals surface area contributed by atoms with Gasteiger partial charge in [-0.05, 0) is 29.8 Å². The molecule has 0 saturated carbocycles. The summed E-state index contributed by atoms with van der Waals surface area (Å²) >= 11 is 1.57. The maximum atomic E-state index is 11.0. The molecule has 26 heavy (non-hydrogen) atoms. The minimum Gasteiger partial charge on any atom is -0.287 e. The topological polar surface area (TPSA) is 61.0 Å². The molecule has 5 nitrogen and oxygen atoms in total.